The Kier molecular flexibility index (Phi) is 4.61. The lowest BCUT2D eigenvalue weighted by molar-refractivity contribution is 0.00578. The summed E-state index contributed by atoms with van der Waals surface area (Å²) in [5.41, 5.74) is 5.39. The summed E-state index contributed by atoms with van der Waals surface area (Å²) in [6.07, 6.45) is 9.05. The molecule has 0 radical (unpaired) electrons. The summed E-state index contributed by atoms with van der Waals surface area (Å²) in [4.78, 5) is 0. The summed E-state index contributed by atoms with van der Waals surface area (Å²) in [6, 6.07) is 17.3. The van der Waals surface area contributed by atoms with E-state index in [4.69, 9.17) is 9.31 Å². The molecule has 0 amide bonds. The minimum Gasteiger partial charge on any atom is -0.399 e. The van der Waals surface area contributed by atoms with E-state index in [1.54, 1.807) is 0 Å². The van der Waals surface area contributed by atoms with Crippen molar-refractivity contribution in [3.63, 3.8) is 0 Å². The molecule has 2 aromatic carbocycles. The molecule has 138 valence electrons. The lowest BCUT2D eigenvalue weighted by atomic mass is 9.78. The number of hydrogen-bond donors (Lipinski definition) is 0. The Labute approximate surface area is 163 Å². The minimum atomic E-state index is -0.331. The predicted octanol–water partition coefficient (Wildman–Crippen LogP) is 5.39. The maximum atomic E-state index is 6.22. The van der Waals surface area contributed by atoms with Gasteiger partial charge in [0.05, 0.1) is 11.2 Å². The van der Waals surface area contributed by atoms with Crippen molar-refractivity contribution in [3.8, 4) is 11.1 Å². The molecule has 0 unspecified atom stereocenters. The summed E-state index contributed by atoms with van der Waals surface area (Å²) in [5, 5.41) is 0. The fourth-order valence-electron chi connectivity index (χ4n) is 3.55. The fourth-order valence-corrected chi connectivity index (χ4v) is 3.55. The second kappa shape index (κ2) is 6.81. The van der Waals surface area contributed by atoms with Crippen LogP contribution in [-0.2, 0) is 9.31 Å². The van der Waals surface area contributed by atoms with Crippen LogP contribution in [0, 0.1) is 0 Å². The summed E-state index contributed by atoms with van der Waals surface area (Å²) in [7, 11) is -0.331. The molecule has 27 heavy (non-hydrogen) atoms. The maximum Gasteiger partial charge on any atom is 0.494 e. The quantitative estimate of drug-likeness (QED) is 0.685. The van der Waals surface area contributed by atoms with Crippen LogP contribution < -0.4 is 5.46 Å². The van der Waals surface area contributed by atoms with Gasteiger partial charge in [0.1, 0.15) is 0 Å². The van der Waals surface area contributed by atoms with E-state index in [0.717, 1.165) is 18.3 Å². The molecule has 0 N–H and O–H groups in total. The third-order valence-corrected chi connectivity index (χ3v) is 5.94. The molecule has 3 heteroatoms. The number of rotatable bonds is 3. The van der Waals surface area contributed by atoms with E-state index in [-0.39, 0.29) is 18.3 Å². The van der Waals surface area contributed by atoms with Crippen LogP contribution in [0.25, 0.3) is 16.7 Å². The third kappa shape index (κ3) is 3.54. The molecular weight excluding hydrogens is 331 g/mol. The Morgan fingerprint density at radius 3 is 2.07 bits per heavy atom. The largest absolute Gasteiger partial charge is 0.494 e. The van der Waals surface area contributed by atoms with Crippen LogP contribution in [0.4, 0.5) is 0 Å². The summed E-state index contributed by atoms with van der Waals surface area (Å²) >= 11 is 0. The lowest BCUT2D eigenvalue weighted by Crippen LogP contribution is -2.41. The first-order valence-electron chi connectivity index (χ1n) is 9.79. The van der Waals surface area contributed by atoms with E-state index in [1.165, 1.54) is 22.3 Å². The van der Waals surface area contributed by atoms with Crippen LogP contribution in [0.1, 0.15) is 46.1 Å². The van der Waals surface area contributed by atoms with Gasteiger partial charge in [-0.05, 0) is 74.3 Å². The van der Waals surface area contributed by atoms with E-state index in [2.05, 4.69) is 94.5 Å². The van der Waals surface area contributed by atoms with Gasteiger partial charge in [0.2, 0.25) is 0 Å². The van der Waals surface area contributed by atoms with E-state index >= 15 is 0 Å². The molecule has 2 aromatic rings. The van der Waals surface area contributed by atoms with Gasteiger partial charge in [-0.15, -0.1) is 0 Å². The first kappa shape index (κ1) is 18.3. The summed E-state index contributed by atoms with van der Waals surface area (Å²) in [6.45, 7) is 8.36. The highest BCUT2D eigenvalue weighted by Gasteiger charge is 2.51. The van der Waals surface area contributed by atoms with Crippen molar-refractivity contribution in [2.24, 2.45) is 0 Å². The molecular formula is C24H27BO2. The van der Waals surface area contributed by atoms with Crippen LogP contribution in [-0.4, -0.2) is 18.3 Å². The summed E-state index contributed by atoms with van der Waals surface area (Å²) in [5.74, 6) is 0. The van der Waals surface area contributed by atoms with Crippen molar-refractivity contribution in [3.05, 3.63) is 72.3 Å². The molecule has 0 atom stereocenters. The standard InChI is InChI=1S/C24H27BO2/c1-23(2)24(3,4)27-25(26-23)22-15-9-14-21(17-22)20-13-8-12-19(16-20)18-10-6-5-7-11-18/h6,8-17H,5,7H2,1-4H3. The van der Waals surface area contributed by atoms with Crippen LogP contribution in [0.5, 0.6) is 0 Å². The fraction of sp³-hybridized carbons (Fsp3) is 0.333. The number of benzene rings is 2. The highest BCUT2D eigenvalue weighted by Crippen LogP contribution is 2.36. The molecule has 4 rings (SSSR count). The lowest BCUT2D eigenvalue weighted by Gasteiger charge is -2.32. The van der Waals surface area contributed by atoms with Gasteiger partial charge in [0.15, 0.2) is 0 Å². The molecule has 0 bridgehead atoms. The second-order valence-corrected chi connectivity index (χ2v) is 8.43. The number of hydrogen-bond acceptors (Lipinski definition) is 2. The van der Waals surface area contributed by atoms with Gasteiger partial charge in [-0.2, -0.15) is 0 Å². The zero-order chi connectivity index (χ0) is 19.1. The first-order chi connectivity index (χ1) is 12.9. The molecule has 0 aromatic heterocycles. The smallest absolute Gasteiger partial charge is 0.399 e. The zero-order valence-electron chi connectivity index (χ0n) is 16.7. The average molecular weight is 358 g/mol. The molecule has 1 aliphatic heterocycles. The first-order valence-corrected chi connectivity index (χ1v) is 9.79. The van der Waals surface area contributed by atoms with E-state index in [9.17, 15) is 0 Å². The molecule has 1 aliphatic carbocycles. The van der Waals surface area contributed by atoms with Crippen molar-refractivity contribution in [2.45, 2.75) is 51.7 Å². The van der Waals surface area contributed by atoms with Gasteiger partial charge in [-0.25, -0.2) is 0 Å². The zero-order valence-corrected chi connectivity index (χ0v) is 16.7. The Balaban J connectivity index is 1.64. The van der Waals surface area contributed by atoms with Crippen molar-refractivity contribution in [2.75, 3.05) is 0 Å². The Morgan fingerprint density at radius 2 is 1.41 bits per heavy atom. The topological polar surface area (TPSA) is 18.5 Å². The van der Waals surface area contributed by atoms with Gasteiger partial charge in [-0.3, -0.25) is 0 Å². The molecule has 0 saturated carbocycles. The Morgan fingerprint density at radius 1 is 0.778 bits per heavy atom. The van der Waals surface area contributed by atoms with Crippen molar-refractivity contribution < 1.29 is 9.31 Å². The SMILES string of the molecule is CC1(C)OB(c2cccc(-c3cccc(C4=CCCC=C4)c3)c2)OC1(C)C. The van der Waals surface area contributed by atoms with Crippen molar-refractivity contribution >= 4 is 18.2 Å². The van der Waals surface area contributed by atoms with Crippen LogP contribution in [0.15, 0.2) is 66.8 Å². The molecule has 1 heterocycles. The van der Waals surface area contributed by atoms with E-state index in [1.807, 2.05) is 0 Å². The normalized spacial score (nSPS) is 20.6. The van der Waals surface area contributed by atoms with Gasteiger partial charge in [-0.1, -0.05) is 60.7 Å². The van der Waals surface area contributed by atoms with Gasteiger partial charge in [0.25, 0.3) is 0 Å². The Hall–Kier alpha value is -2.10. The molecule has 2 aliphatic rings. The van der Waals surface area contributed by atoms with Crippen LogP contribution in [0.3, 0.4) is 0 Å². The minimum absolute atomic E-state index is 0.326. The van der Waals surface area contributed by atoms with E-state index in [0.29, 0.717) is 0 Å². The monoisotopic (exact) mass is 358 g/mol. The van der Waals surface area contributed by atoms with Crippen molar-refractivity contribution in [1.29, 1.82) is 0 Å². The predicted molar refractivity (Wildman–Crippen MR) is 114 cm³/mol. The molecule has 0 spiro atoms. The Bertz CT molecular complexity index is 892. The summed E-state index contributed by atoms with van der Waals surface area (Å²) < 4.78 is 12.4. The third-order valence-electron chi connectivity index (χ3n) is 5.94. The average Bonchev–Trinajstić information content (AvgIpc) is 2.90. The van der Waals surface area contributed by atoms with Crippen LogP contribution in [0.2, 0.25) is 0 Å². The maximum absolute atomic E-state index is 6.22. The number of allylic oxidation sites excluding steroid dienone is 4. The molecule has 2 nitrogen and oxygen atoms in total. The van der Waals surface area contributed by atoms with Gasteiger partial charge in [0, 0.05) is 0 Å². The molecule has 1 fully saturated rings. The van der Waals surface area contributed by atoms with Gasteiger partial charge >= 0.3 is 7.12 Å². The highest BCUT2D eigenvalue weighted by atomic mass is 16.7. The molecule has 1 saturated heterocycles. The van der Waals surface area contributed by atoms with Gasteiger partial charge < -0.3 is 9.31 Å². The van der Waals surface area contributed by atoms with E-state index < -0.39 is 0 Å². The highest BCUT2D eigenvalue weighted by molar-refractivity contribution is 6.62. The second-order valence-electron chi connectivity index (χ2n) is 8.43. The van der Waals surface area contributed by atoms with Crippen LogP contribution >= 0.6 is 0 Å². The van der Waals surface area contributed by atoms with Crippen molar-refractivity contribution in [1.82, 2.24) is 0 Å².